The number of hydrogen-bond acceptors (Lipinski definition) is 9. The van der Waals surface area contributed by atoms with Crippen LogP contribution < -0.4 is 15.5 Å². The van der Waals surface area contributed by atoms with Gasteiger partial charge in [-0.05, 0) is 38.5 Å². The summed E-state index contributed by atoms with van der Waals surface area (Å²) in [6.45, 7) is 0.699. The number of H-pyrrole nitrogens is 1. The van der Waals surface area contributed by atoms with Gasteiger partial charge in [-0.25, -0.2) is 9.97 Å². The van der Waals surface area contributed by atoms with Crippen molar-refractivity contribution in [1.29, 1.82) is 0 Å². The monoisotopic (exact) mass is 480 g/mol. The number of amides is 1. The Bertz CT molecular complexity index is 1170. The lowest BCUT2D eigenvalue weighted by Crippen LogP contribution is -2.40. The Hall–Kier alpha value is -3.05. The molecule has 1 aliphatic heterocycles. The Labute approximate surface area is 201 Å². The van der Waals surface area contributed by atoms with Crippen LogP contribution in [0.2, 0.25) is 0 Å². The van der Waals surface area contributed by atoms with Gasteiger partial charge in [0.05, 0.1) is 11.8 Å². The summed E-state index contributed by atoms with van der Waals surface area (Å²) in [4.78, 5) is 28.7. The first kappa shape index (κ1) is 21.5. The Morgan fingerprint density at radius 3 is 2.88 bits per heavy atom. The van der Waals surface area contributed by atoms with E-state index in [2.05, 4.69) is 25.8 Å². The van der Waals surface area contributed by atoms with E-state index < -0.39 is 6.10 Å². The number of thiazole rings is 1. The van der Waals surface area contributed by atoms with Crippen LogP contribution in [0.25, 0.3) is 0 Å². The van der Waals surface area contributed by atoms with Crippen molar-refractivity contribution in [1.82, 2.24) is 25.1 Å². The van der Waals surface area contributed by atoms with E-state index in [9.17, 15) is 9.90 Å². The number of carbonyl (C=O) groups excluding carboxylic acids is 1. The molecule has 2 atom stereocenters. The van der Waals surface area contributed by atoms with Crippen molar-refractivity contribution in [2.24, 2.45) is 0 Å². The van der Waals surface area contributed by atoms with Crippen LogP contribution >= 0.6 is 11.3 Å². The zero-order valence-corrected chi connectivity index (χ0v) is 19.6. The molecule has 4 heterocycles. The minimum atomic E-state index is -0.609. The molecule has 11 heteroatoms. The van der Waals surface area contributed by atoms with Crippen molar-refractivity contribution >= 4 is 40.0 Å². The highest BCUT2D eigenvalue weighted by molar-refractivity contribution is 7.13. The summed E-state index contributed by atoms with van der Waals surface area (Å²) in [6.07, 6.45) is 8.86. The topological polar surface area (TPSA) is 132 Å². The molecule has 0 bridgehead atoms. The number of rotatable bonds is 6. The number of fused-ring (bicyclic) bond motifs is 1. The molecule has 1 saturated heterocycles. The first-order valence-corrected chi connectivity index (χ1v) is 12.9. The maximum Gasteiger partial charge on any atom is 0.248 e. The molecule has 0 radical (unpaired) electrons. The molecular weight excluding hydrogens is 452 g/mol. The maximum absolute atomic E-state index is 13.0. The third-order valence-corrected chi connectivity index (χ3v) is 7.80. The standard InChI is InChI=1S/C23H28N8O2S/c32-17-8-7-14-19(17)20(26-18-12-15(29-30-18)13-4-1-2-5-13)27-22(25-14)31-10-3-6-16(31)21(33)28-23-24-9-11-34-23/h9,11-13,16-17,32H,1-8,10H2,(H,24,28,33)(H2,25,26,27,29,30)/t16-,17+/m0/s1. The van der Waals surface area contributed by atoms with Gasteiger partial charge >= 0.3 is 0 Å². The SMILES string of the molecule is O=C(Nc1nccs1)[C@@H]1CCCN1c1nc2c(c(Nc3cc(C4CCCC4)[nH]n3)n1)[C@H](O)CC2. The summed E-state index contributed by atoms with van der Waals surface area (Å²) < 4.78 is 0. The molecule has 6 rings (SSSR count). The van der Waals surface area contributed by atoms with Crippen LogP contribution in [0, 0.1) is 0 Å². The van der Waals surface area contributed by atoms with E-state index >= 15 is 0 Å². The molecule has 1 saturated carbocycles. The van der Waals surface area contributed by atoms with Crippen molar-refractivity contribution in [3.63, 3.8) is 0 Å². The van der Waals surface area contributed by atoms with Crippen molar-refractivity contribution in [2.45, 2.75) is 69.4 Å². The molecule has 4 N–H and O–H groups in total. The van der Waals surface area contributed by atoms with E-state index in [-0.39, 0.29) is 11.9 Å². The zero-order chi connectivity index (χ0) is 23.1. The van der Waals surface area contributed by atoms with Crippen LogP contribution in [0.5, 0.6) is 0 Å². The smallest absolute Gasteiger partial charge is 0.248 e. The summed E-state index contributed by atoms with van der Waals surface area (Å²) in [5, 5.41) is 26.9. The average Bonchev–Trinajstić information content (AvgIpc) is 3.65. The summed E-state index contributed by atoms with van der Waals surface area (Å²) in [7, 11) is 0. The fraction of sp³-hybridized carbons (Fsp3) is 0.522. The molecule has 3 aromatic rings. The Morgan fingerprint density at radius 1 is 1.18 bits per heavy atom. The van der Waals surface area contributed by atoms with Crippen LogP contribution in [0.3, 0.4) is 0 Å². The number of nitrogens with one attached hydrogen (secondary N) is 3. The fourth-order valence-electron chi connectivity index (χ4n) is 5.41. The number of aliphatic hydroxyl groups excluding tert-OH is 1. The highest BCUT2D eigenvalue weighted by atomic mass is 32.1. The second-order valence-electron chi connectivity index (χ2n) is 9.28. The molecular formula is C23H28N8O2S. The molecule has 3 aliphatic rings. The van der Waals surface area contributed by atoms with E-state index in [1.54, 1.807) is 6.20 Å². The maximum atomic E-state index is 13.0. The summed E-state index contributed by atoms with van der Waals surface area (Å²) in [5.41, 5.74) is 2.71. The largest absolute Gasteiger partial charge is 0.388 e. The van der Waals surface area contributed by atoms with Gasteiger partial charge in [-0.15, -0.1) is 11.3 Å². The number of carbonyl (C=O) groups is 1. The normalized spacial score (nSPS) is 22.3. The number of aromatic amines is 1. The first-order valence-electron chi connectivity index (χ1n) is 12.0. The molecule has 3 aromatic heterocycles. The predicted molar refractivity (Wildman–Crippen MR) is 130 cm³/mol. The van der Waals surface area contributed by atoms with E-state index in [1.165, 1.54) is 37.0 Å². The molecule has 10 nitrogen and oxygen atoms in total. The van der Waals surface area contributed by atoms with Crippen molar-refractivity contribution in [3.05, 3.63) is 34.6 Å². The van der Waals surface area contributed by atoms with Gasteiger partial charge in [0.1, 0.15) is 11.9 Å². The number of aliphatic hydroxyl groups is 1. The van der Waals surface area contributed by atoms with Gasteiger partial charge in [0.25, 0.3) is 0 Å². The zero-order valence-electron chi connectivity index (χ0n) is 18.8. The molecule has 34 heavy (non-hydrogen) atoms. The lowest BCUT2D eigenvalue weighted by atomic mass is 10.0. The summed E-state index contributed by atoms with van der Waals surface area (Å²) in [6, 6.07) is 1.69. The van der Waals surface area contributed by atoms with Gasteiger partial charge in [0.15, 0.2) is 10.9 Å². The van der Waals surface area contributed by atoms with Gasteiger partial charge in [0.2, 0.25) is 11.9 Å². The number of anilines is 4. The highest BCUT2D eigenvalue weighted by Crippen LogP contribution is 2.39. The second kappa shape index (κ2) is 8.95. The van der Waals surface area contributed by atoms with E-state index in [1.807, 2.05) is 16.3 Å². The quantitative estimate of drug-likeness (QED) is 0.420. The molecule has 1 amide bonds. The lowest BCUT2D eigenvalue weighted by molar-refractivity contribution is -0.117. The fourth-order valence-corrected chi connectivity index (χ4v) is 5.94. The Kier molecular flexibility index (Phi) is 5.66. The van der Waals surface area contributed by atoms with E-state index in [4.69, 9.17) is 9.97 Å². The Morgan fingerprint density at radius 2 is 2.06 bits per heavy atom. The lowest BCUT2D eigenvalue weighted by Gasteiger charge is -2.25. The number of aryl methyl sites for hydroxylation is 1. The van der Waals surface area contributed by atoms with E-state index in [0.29, 0.717) is 48.0 Å². The minimum Gasteiger partial charge on any atom is -0.388 e. The second-order valence-corrected chi connectivity index (χ2v) is 10.2. The van der Waals surface area contributed by atoms with Gasteiger partial charge < -0.3 is 20.6 Å². The van der Waals surface area contributed by atoms with Gasteiger partial charge in [-0.1, -0.05) is 12.8 Å². The molecule has 2 fully saturated rings. The molecule has 0 spiro atoms. The van der Waals surface area contributed by atoms with Crippen molar-refractivity contribution in [2.75, 3.05) is 22.1 Å². The molecule has 178 valence electrons. The third kappa shape index (κ3) is 4.03. The van der Waals surface area contributed by atoms with Crippen LogP contribution in [0.15, 0.2) is 17.6 Å². The summed E-state index contributed by atoms with van der Waals surface area (Å²) >= 11 is 1.40. The summed E-state index contributed by atoms with van der Waals surface area (Å²) in [5.74, 6) is 2.20. The average molecular weight is 481 g/mol. The van der Waals surface area contributed by atoms with Gasteiger partial charge in [-0.3, -0.25) is 9.89 Å². The first-order chi connectivity index (χ1) is 16.7. The third-order valence-electron chi connectivity index (χ3n) is 7.11. The minimum absolute atomic E-state index is 0.0976. The molecule has 2 aliphatic carbocycles. The van der Waals surface area contributed by atoms with Crippen LogP contribution in [-0.2, 0) is 11.2 Å². The number of aromatic nitrogens is 5. The predicted octanol–water partition coefficient (Wildman–Crippen LogP) is 3.64. The number of nitrogens with zero attached hydrogens (tertiary/aromatic N) is 5. The van der Waals surface area contributed by atoms with Crippen molar-refractivity contribution in [3.8, 4) is 0 Å². The van der Waals surface area contributed by atoms with Crippen LogP contribution in [0.1, 0.15) is 73.9 Å². The molecule has 0 aromatic carbocycles. The van der Waals surface area contributed by atoms with Crippen LogP contribution in [0.4, 0.5) is 22.7 Å². The van der Waals surface area contributed by atoms with E-state index in [0.717, 1.165) is 29.8 Å². The van der Waals surface area contributed by atoms with Crippen molar-refractivity contribution < 1.29 is 9.90 Å². The number of hydrogen-bond donors (Lipinski definition) is 4. The van der Waals surface area contributed by atoms with Gasteiger partial charge in [-0.2, -0.15) is 10.1 Å². The van der Waals surface area contributed by atoms with Crippen LogP contribution in [-0.4, -0.2) is 48.7 Å². The Balaban J connectivity index is 1.28. The highest BCUT2D eigenvalue weighted by Gasteiger charge is 2.35. The molecule has 0 unspecified atom stereocenters. The van der Waals surface area contributed by atoms with Gasteiger partial charge in [0, 0.05) is 41.4 Å².